The van der Waals surface area contributed by atoms with Gasteiger partial charge >= 0.3 is 0 Å². The van der Waals surface area contributed by atoms with Crippen LogP contribution >= 0.6 is 46.0 Å². The average molecular weight is 650 g/mol. The standard InChI is InChI=1S/C28H25ClINO5S/c1-3-34-24-15-19(14-22(30)26(24)36-17-20-9-5-4-8-18(20)2)16-25-27(32)31(28(33)37-25)12-13-35-23-11-7-6-10-21(23)29/h4-11,14-16H,3,12-13,17H2,1-2H3/b25-16-. The minimum Gasteiger partial charge on any atom is -0.490 e. The van der Waals surface area contributed by atoms with Crippen molar-refractivity contribution in [3.63, 3.8) is 0 Å². The van der Waals surface area contributed by atoms with Gasteiger partial charge in [0.05, 0.1) is 26.6 Å². The van der Waals surface area contributed by atoms with Crippen LogP contribution in [0.15, 0.2) is 65.6 Å². The van der Waals surface area contributed by atoms with Crippen molar-refractivity contribution in [3.05, 3.63) is 90.9 Å². The van der Waals surface area contributed by atoms with Gasteiger partial charge in [0, 0.05) is 0 Å². The molecule has 4 rings (SSSR count). The first-order chi connectivity index (χ1) is 17.9. The number of halogens is 2. The van der Waals surface area contributed by atoms with E-state index in [2.05, 4.69) is 22.6 Å². The zero-order chi connectivity index (χ0) is 26.4. The smallest absolute Gasteiger partial charge is 0.293 e. The molecule has 0 spiro atoms. The second-order valence-electron chi connectivity index (χ2n) is 8.09. The Morgan fingerprint density at radius 1 is 1.00 bits per heavy atom. The Morgan fingerprint density at radius 3 is 2.51 bits per heavy atom. The van der Waals surface area contributed by atoms with Crippen LogP contribution in [0.5, 0.6) is 17.2 Å². The second-order valence-corrected chi connectivity index (χ2v) is 10.7. The highest BCUT2D eigenvalue weighted by Crippen LogP contribution is 2.38. The minimum atomic E-state index is -0.356. The summed E-state index contributed by atoms with van der Waals surface area (Å²) in [6.07, 6.45) is 1.70. The van der Waals surface area contributed by atoms with E-state index in [1.165, 1.54) is 4.90 Å². The quantitative estimate of drug-likeness (QED) is 0.169. The fourth-order valence-corrected chi connectivity index (χ4v) is 5.49. The molecule has 0 aromatic heterocycles. The molecule has 0 saturated carbocycles. The summed E-state index contributed by atoms with van der Waals surface area (Å²) < 4.78 is 18.5. The number of rotatable bonds is 10. The number of imide groups is 1. The van der Waals surface area contributed by atoms with Crippen LogP contribution in [-0.4, -0.2) is 35.8 Å². The molecule has 1 aliphatic heterocycles. The summed E-state index contributed by atoms with van der Waals surface area (Å²) in [7, 11) is 0. The van der Waals surface area contributed by atoms with Gasteiger partial charge in [0.15, 0.2) is 11.5 Å². The molecule has 0 aliphatic carbocycles. The molecular weight excluding hydrogens is 625 g/mol. The normalized spacial score (nSPS) is 14.4. The van der Waals surface area contributed by atoms with E-state index < -0.39 is 0 Å². The van der Waals surface area contributed by atoms with Crippen LogP contribution in [0.3, 0.4) is 0 Å². The van der Waals surface area contributed by atoms with Crippen LogP contribution < -0.4 is 14.2 Å². The van der Waals surface area contributed by atoms with E-state index in [-0.39, 0.29) is 24.3 Å². The highest BCUT2D eigenvalue weighted by molar-refractivity contribution is 14.1. The lowest BCUT2D eigenvalue weighted by Gasteiger charge is -2.16. The van der Waals surface area contributed by atoms with Crippen LogP contribution in [0.25, 0.3) is 6.08 Å². The maximum Gasteiger partial charge on any atom is 0.293 e. The maximum absolute atomic E-state index is 13.0. The number of amides is 2. The molecule has 9 heteroatoms. The minimum absolute atomic E-state index is 0.126. The van der Waals surface area contributed by atoms with Gasteiger partial charge in [-0.2, -0.15) is 0 Å². The van der Waals surface area contributed by atoms with E-state index in [0.29, 0.717) is 40.4 Å². The third kappa shape index (κ3) is 6.80. The Kier molecular flexibility index (Phi) is 9.39. The number of thioether (sulfide) groups is 1. The average Bonchev–Trinajstić information content (AvgIpc) is 3.13. The summed E-state index contributed by atoms with van der Waals surface area (Å²) in [5.41, 5.74) is 2.99. The Morgan fingerprint density at radius 2 is 1.76 bits per heavy atom. The summed E-state index contributed by atoms with van der Waals surface area (Å²) in [6.45, 7) is 5.10. The van der Waals surface area contributed by atoms with Crippen molar-refractivity contribution in [3.8, 4) is 17.2 Å². The molecule has 0 radical (unpaired) electrons. The second kappa shape index (κ2) is 12.7. The maximum atomic E-state index is 13.0. The Hall–Kier alpha value is -2.69. The van der Waals surface area contributed by atoms with E-state index >= 15 is 0 Å². The molecule has 1 aliphatic rings. The van der Waals surface area contributed by atoms with Gasteiger partial charge in [0.1, 0.15) is 19.0 Å². The van der Waals surface area contributed by atoms with E-state index in [9.17, 15) is 9.59 Å². The summed E-state index contributed by atoms with van der Waals surface area (Å²) in [4.78, 5) is 27.0. The van der Waals surface area contributed by atoms with Gasteiger partial charge in [-0.25, -0.2) is 0 Å². The largest absolute Gasteiger partial charge is 0.490 e. The molecule has 1 fully saturated rings. The van der Waals surface area contributed by atoms with Gasteiger partial charge in [-0.05, 0) is 95.2 Å². The van der Waals surface area contributed by atoms with Crippen LogP contribution in [0.2, 0.25) is 5.02 Å². The fraction of sp³-hybridized carbons (Fsp3) is 0.214. The molecule has 37 heavy (non-hydrogen) atoms. The van der Waals surface area contributed by atoms with Crippen LogP contribution in [0, 0.1) is 10.5 Å². The van der Waals surface area contributed by atoms with Crippen molar-refractivity contribution < 1.29 is 23.8 Å². The van der Waals surface area contributed by atoms with E-state index in [4.69, 9.17) is 25.8 Å². The Balaban J connectivity index is 1.47. The summed E-state index contributed by atoms with van der Waals surface area (Å²) >= 11 is 9.21. The predicted molar refractivity (Wildman–Crippen MR) is 155 cm³/mol. The number of ether oxygens (including phenoxy) is 3. The highest BCUT2D eigenvalue weighted by Gasteiger charge is 2.35. The molecule has 0 atom stereocenters. The van der Waals surface area contributed by atoms with Crippen LogP contribution in [0.4, 0.5) is 4.79 Å². The molecule has 6 nitrogen and oxygen atoms in total. The van der Waals surface area contributed by atoms with E-state index in [0.717, 1.165) is 32.0 Å². The number of aryl methyl sites for hydroxylation is 1. The number of carbonyl (C=O) groups excluding carboxylic acids is 2. The molecular formula is C28H25ClINO5S. The number of hydrogen-bond acceptors (Lipinski definition) is 6. The first kappa shape index (κ1) is 27.3. The van der Waals surface area contributed by atoms with Gasteiger partial charge in [-0.3, -0.25) is 14.5 Å². The van der Waals surface area contributed by atoms with Crippen molar-refractivity contribution in [2.75, 3.05) is 19.8 Å². The molecule has 0 unspecified atom stereocenters. The summed E-state index contributed by atoms with van der Waals surface area (Å²) in [5.74, 6) is 1.38. The van der Waals surface area contributed by atoms with Crippen molar-refractivity contribution in [1.82, 2.24) is 4.90 Å². The number of para-hydroxylation sites is 1. The third-order valence-electron chi connectivity index (χ3n) is 5.55. The first-order valence-electron chi connectivity index (χ1n) is 11.6. The van der Waals surface area contributed by atoms with Crippen molar-refractivity contribution in [1.29, 1.82) is 0 Å². The molecule has 0 N–H and O–H groups in total. The number of nitrogens with zero attached hydrogens (tertiary/aromatic N) is 1. The lowest BCUT2D eigenvalue weighted by atomic mass is 10.1. The molecule has 2 amide bonds. The van der Waals surface area contributed by atoms with Gasteiger partial charge in [0.2, 0.25) is 0 Å². The molecule has 1 saturated heterocycles. The van der Waals surface area contributed by atoms with Crippen LogP contribution in [-0.2, 0) is 11.4 Å². The van der Waals surface area contributed by atoms with Gasteiger partial charge < -0.3 is 14.2 Å². The van der Waals surface area contributed by atoms with Gasteiger partial charge in [-0.1, -0.05) is 48.0 Å². The summed E-state index contributed by atoms with van der Waals surface area (Å²) in [6, 6.07) is 18.9. The SMILES string of the molecule is CCOc1cc(/C=C2\SC(=O)N(CCOc3ccccc3Cl)C2=O)cc(I)c1OCc1ccccc1C. The van der Waals surface area contributed by atoms with Crippen molar-refractivity contribution in [2.45, 2.75) is 20.5 Å². The van der Waals surface area contributed by atoms with Crippen molar-refractivity contribution >= 4 is 63.2 Å². The van der Waals surface area contributed by atoms with E-state index in [1.54, 1.807) is 30.3 Å². The molecule has 192 valence electrons. The Bertz CT molecular complexity index is 1350. The molecule has 3 aromatic rings. The summed E-state index contributed by atoms with van der Waals surface area (Å²) in [5, 5.41) is 0.138. The Labute approximate surface area is 239 Å². The number of carbonyl (C=O) groups is 2. The zero-order valence-electron chi connectivity index (χ0n) is 20.3. The van der Waals surface area contributed by atoms with Gasteiger partial charge in [0.25, 0.3) is 11.1 Å². The highest BCUT2D eigenvalue weighted by atomic mass is 127. The predicted octanol–water partition coefficient (Wildman–Crippen LogP) is 7.35. The van der Waals surface area contributed by atoms with E-state index in [1.807, 2.05) is 50.2 Å². The zero-order valence-corrected chi connectivity index (χ0v) is 24.1. The lowest BCUT2D eigenvalue weighted by molar-refractivity contribution is -0.123. The molecule has 0 bridgehead atoms. The molecule has 3 aromatic carbocycles. The monoisotopic (exact) mass is 649 g/mol. The van der Waals surface area contributed by atoms with Crippen LogP contribution in [0.1, 0.15) is 23.6 Å². The third-order valence-corrected chi connectivity index (χ3v) is 7.57. The van der Waals surface area contributed by atoms with Crippen molar-refractivity contribution in [2.24, 2.45) is 0 Å². The molecule has 1 heterocycles. The first-order valence-corrected chi connectivity index (χ1v) is 13.9. The lowest BCUT2D eigenvalue weighted by Crippen LogP contribution is -2.32. The number of benzene rings is 3. The number of hydrogen-bond donors (Lipinski definition) is 0. The fourth-order valence-electron chi connectivity index (χ4n) is 3.65. The topological polar surface area (TPSA) is 65.1 Å². The van der Waals surface area contributed by atoms with Gasteiger partial charge in [-0.15, -0.1) is 0 Å².